The van der Waals surface area contributed by atoms with Gasteiger partial charge in [-0.25, -0.2) is 9.37 Å². The molecule has 4 rings (SSSR count). The number of hydrogen-bond acceptors (Lipinski definition) is 2. The van der Waals surface area contributed by atoms with Crippen molar-refractivity contribution in [3.63, 3.8) is 0 Å². The normalized spacial score (nSPS) is 14.2. The Morgan fingerprint density at radius 3 is 2.57 bits per heavy atom. The van der Waals surface area contributed by atoms with Crippen LogP contribution in [-0.4, -0.2) is 33.4 Å². The van der Waals surface area contributed by atoms with Crippen molar-refractivity contribution in [1.29, 1.82) is 0 Å². The minimum Gasteiger partial charge on any atom is -0.343 e. The average molecular weight is 379 g/mol. The number of nitrogens with zero attached hydrogens (tertiary/aromatic N) is 3. The van der Waals surface area contributed by atoms with Crippen LogP contribution in [0.25, 0.3) is 11.0 Å². The van der Waals surface area contributed by atoms with Gasteiger partial charge < -0.3 is 9.47 Å². The van der Waals surface area contributed by atoms with Crippen LogP contribution in [0.1, 0.15) is 41.8 Å². The number of aromatic nitrogens is 2. The Morgan fingerprint density at radius 2 is 1.82 bits per heavy atom. The minimum absolute atomic E-state index is 0.194. The highest BCUT2D eigenvalue weighted by Crippen LogP contribution is 2.24. The second kappa shape index (κ2) is 7.74. The lowest BCUT2D eigenvalue weighted by molar-refractivity contribution is -0.130. The number of rotatable bonds is 5. The number of imidazole rings is 1. The van der Waals surface area contributed by atoms with Gasteiger partial charge in [0.1, 0.15) is 11.6 Å². The molecule has 2 aromatic carbocycles. The maximum atomic E-state index is 14.2. The number of aryl methyl sites for hydroxylation is 3. The van der Waals surface area contributed by atoms with E-state index in [1.54, 1.807) is 12.1 Å². The van der Waals surface area contributed by atoms with Gasteiger partial charge in [-0.05, 0) is 61.6 Å². The summed E-state index contributed by atoms with van der Waals surface area (Å²) in [4.78, 5) is 19.3. The standard InChI is InChI=1S/C23H26FN3O/c1-16-13-20-21(14-17(16)2)27(12-9-23(28)26-10-5-6-11-26)22(25-20)15-18-7-3-4-8-19(18)24/h3-4,7-8,13-14H,5-6,9-12,15H2,1-2H3. The van der Waals surface area contributed by atoms with Crippen molar-refractivity contribution in [2.75, 3.05) is 13.1 Å². The third-order valence-electron chi connectivity index (χ3n) is 5.76. The predicted molar refractivity (Wildman–Crippen MR) is 109 cm³/mol. The molecule has 1 saturated heterocycles. The van der Waals surface area contributed by atoms with Crippen LogP contribution in [0.2, 0.25) is 0 Å². The van der Waals surface area contributed by atoms with Crippen LogP contribution in [-0.2, 0) is 17.8 Å². The van der Waals surface area contributed by atoms with E-state index < -0.39 is 0 Å². The van der Waals surface area contributed by atoms with Crippen molar-refractivity contribution in [3.05, 3.63) is 64.7 Å². The van der Waals surface area contributed by atoms with Crippen LogP contribution < -0.4 is 0 Å². The van der Waals surface area contributed by atoms with Gasteiger partial charge in [0.25, 0.3) is 0 Å². The van der Waals surface area contributed by atoms with Gasteiger partial charge in [-0.3, -0.25) is 4.79 Å². The first kappa shape index (κ1) is 18.7. The Labute approximate surface area is 165 Å². The summed E-state index contributed by atoms with van der Waals surface area (Å²) in [6.07, 6.45) is 3.05. The Morgan fingerprint density at radius 1 is 1.11 bits per heavy atom. The van der Waals surface area contributed by atoms with E-state index in [1.807, 2.05) is 11.0 Å². The lowest BCUT2D eigenvalue weighted by atomic mass is 10.1. The van der Waals surface area contributed by atoms with Crippen molar-refractivity contribution in [2.24, 2.45) is 0 Å². The first-order valence-electron chi connectivity index (χ1n) is 10.0. The zero-order valence-corrected chi connectivity index (χ0v) is 16.5. The third kappa shape index (κ3) is 3.66. The highest BCUT2D eigenvalue weighted by molar-refractivity contribution is 5.79. The molecular weight excluding hydrogens is 353 g/mol. The molecular formula is C23H26FN3O. The maximum Gasteiger partial charge on any atom is 0.224 e. The monoisotopic (exact) mass is 379 g/mol. The third-order valence-corrected chi connectivity index (χ3v) is 5.76. The number of amides is 1. The van der Waals surface area contributed by atoms with Gasteiger partial charge in [-0.15, -0.1) is 0 Å². The van der Waals surface area contributed by atoms with Crippen LogP contribution in [0, 0.1) is 19.7 Å². The van der Waals surface area contributed by atoms with E-state index in [9.17, 15) is 9.18 Å². The zero-order chi connectivity index (χ0) is 19.7. The lowest BCUT2D eigenvalue weighted by Crippen LogP contribution is -2.28. The molecule has 0 atom stereocenters. The molecule has 0 radical (unpaired) electrons. The van der Waals surface area contributed by atoms with Crippen molar-refractivity contribution >= 4 is 16.9 Å². The van der Waals surface area contributed by atoms with Crippen molar-refractivity contribution in [2.45, 2.75) is 46.1 Å². The Hall–Kier alpha value is -2.69. The van der Waals surface area contributed by atoms with E-state index in [-0.39, 0.29) is 11.7 Å². The van der Waals surface area contributed by atoms with Crippen molar-refractivity contribution < 1.29 is 9.18 Å². The lowest BCUT2D eigenvalue weighted by Gasteiger charge is -2.16. The summed E-state index contributed by atoms with van der Waals surface area (Å²) in [5.74, 6) is 0.779. The summed E-state index contributed by atoms with van der Waals surface area (Å²) in [6.45, 7) is 6.45. The smallest absolute Gasteiger partial charge is 0.224 e. The molecule has 2 heterocycles. The molecule has 0 saturated carbocycles. The molecule has 0 aliphatic carbocycles. The second-order valence-electron chi connectivity index (χ2n) is 7.71. The van der Waals surface area contributed by atoms with E-state index in [0.29, 0.717) is 24.9 Å². The summed E-state index contributed by atoms with van der Waals surface area (Å²) in [6, 6.07) is 11.0. The number of carbonyl (C=O) groups is 1. The SMILES string of the molecule is Cc1cc2nc(Cc3ccccc3F)n(CCC(=O)N3CCCC3)c2cc1C. The molecule has 0 unspecified atom stereocenters. The Bertz CT molecular complexity index is 1020. The molecule has 28 heavy (non-hydrogen) atoms. The topological polar surface area (TPSA) is 38.1 Å². The van der Waals surface area contributed by atoms with Crippen LogP contribution in [0.15, 0.2) is 36.4 Å². The maximum absolute atomic E-state index is 14.2. The highest BCUT2D eigenvalue weighted by atomic mass is 19.1. The van der Waals surface area contributed by atoms with Crippen LogP contribution in [0.5, 0.6) is 0 Å². The second-order valence-corrected chi connectivity index (χ2v) is 7.71. The Kier molecular flexibility index (Phi) is 5.16. The molecule has 3 aromatic rings. The number of benzene rings is 2. The number of halogens is 1. The van der Waals surface area contributed by atoms with E-state index >= 15 is 0 Å². The summed E-state index contributed by atoms with van der Waals surface area (Å²) < 4.78 is 16.3. The molecule has 146 valence electrons. The van der Waals surface area contributed by atoms with Crippen molar-refractivity contribution in [3.8, 4) is 0 Å². The van der Waals surface area contributed by atoms with Gasteiger partial charge in [0.2, 0.25) is 5.91 Å². The molecule has 1 amide bonds. The first-order chi connectivity index (χ1) is 13.5. The van der Waals surface area contributed by atoms with Gasteiger partial charge in [0.05, 0.1) is 11.0 Å². The number of carbonyl (C=O) groups excluding carboxylic acids is 1. The molecule has 5 heteroatoms. The van der Waals surface area contributed by atoms with Gasteiger partial charge in [-0.1, -0.05) is 18.2 Å². The fraction of sp³-hybridized carbons (Fsp3) is 0.391. The van der Waals surface area contributed by atoms with Crippen LogP contribution in [0.4, 0.5) is 4.39 Å². The average Bonchev–Trinajstić information content (AvgIpc) is 3.31. The molecule has 0 spiro atoms. The zero-order valence-electron chi connectivity index (χ0n) is 16.5. The van der Waals surface area contributed by atoms with Gasteiger partial charge in [-0.2, -0.15) is 0 Å². The van der Waals surface area contributed by atoms with E-state index in [0.717, 1.165) is 42.8 Å². The molecule has 0 bridgehead atoms. The fourth-order valence-corrected chi connectivity index (χ4v) is 3.96. The predicted octanol–water partition coefficient (Wildman–Crippen LogP) is 4.40. The number of fused-ring (bicyclic) bond motifs is 1. The quantitative estimate of drug-likeness (QED) is 0.659. The fourth-order valence-electron chi connectivity index (χ4n) is 3.96. The van der Waals surface area contributed by atoms with Crippen LogP contribution in [0.3, 0.4) is 0 Å². The van der Waals surface area contributed by atoms with Gasteiger partial charge in [0, 0.05) is 32.5 Å². The summed E-state index contributed by atoms with van der Waals surface area (Å²) in [7, 11) is 0. The number of likely N-dealkylation sites (tertiary alicyclic amines) is 1. The van der Waals surface area contributed by atoms with Gasteiger partial charge >= 0.3 is 0 Å². The minimum atomic E-state index is -0.221. The Balaban J connectivity index is 1.67. The van der Waals surface area contributed by atoms with E-state index in [1.165, 1.54) is 17.2 Å². The van der Waals surface area contributed by atoms with Crippen molar-refractivity contribution in [1.82, 2.24) is 14.5 Å². The summed E-state index contributed by atoms with van der Waals surface area (Å²) >= 11 is 0. The van der Waals surface area contributed by atoms with Crippen LogP contribution >= 0.6 is 0 Å². The molecule has 1 aromatic heterocycles. The highest BCUT2D eigenvalue weighted by Gasteiger charge is 2.19. The first-order valence-corrected chi connectivity index (χ1v) is 10.0. The van der Waals surface area contributed by atoms with E-state index in [4.69, 9.17) is 4.98 Å². The summed E-state index contributed by atoms with van der Waals surface area (Å²) in [5.41, 5.74) is 4.92. The molecule has 1 aliphatic heterocycles. The number of hydrogen-bond donors (Lipinski definition) is 0. The van der Waals surface area contributed by atoms with Gasteiger partial charge in [0.15, 0.2) is 0 Å². The largest absolute Gasteiger partial charge is 0.343 e. The molecule has 0 N–H and O–H groups in total. The molecule has 4 nitrogen and oxygen atoms in total. The molecule has 1 fully saturated rings. The molecule has 1 aliphatic rings. The summed E-state index contributed by atoms with van der Waals surface area (Å²) in [5, 5.41) is 0. The van der Waals surface area contributed by atoms with E-state index in [2.05, 4.69) is 30.5 Å².